The molecular weight excluding hydrogens is 813 g/mol. The van der Waals surface area contributed by atoms with Gasteiger partial charge in [-0.05, 0) is 27.7 Å². The molecule has 6 heterocycles. The number of nitrogens with zero attached hydrogens (tertiary/aromatic N) is 7. The third-order valence-electron chi connectivity index (χ3n) is 7.52. The van der Waals surface area contributed by atoms with Crippen LogP contribution in [0.5, 0.6) is 23.0 Å². The Morgan fingerprint density at radius 2 is 1.13 bits per heavy atom. The van der Waals surface area contributed by atoms with Crippen molar-refractivity contribution in [3.63, 3.8) is 0 Å². The van der Waals surface area contributed by atoms with Crippen LogP contribution in [0.4, 0.5) is 17.6 Å². The van der Waals surface area contributed by atoms with Crippen LogP contribution in [0.25, 0.3) is 22.1 Å². The average Bonchev–Trinajstić information content (AvgIpc) is 3.87. The predicted molar refractivity (Wildman–Crippen MR) is 180 cm³/mol. The van der Waals surface area contributed by atoms with Crippen LogP contribution in [-0.2, 0) is 20.0 Å². The molecule has 0 amide bonds. The summed E-state index contributed by atoms with van der Waals surface area (Å²) in [6.45, 7) is 5.68. The second kappa shape index (κ2) is 12.5. The van der Waals surface area contributed by atoms with Gasteiger partial charge in [-0.2, -0.15) is 18.8 Å². The Morgan fingerprint density at radius 1 is 0.741 bits per heavy atom. The number of nitrogens with two attached hydrogens (primary N) is 1. The van der Waals surface area contributed by atoms with E-state index in [1.165, 1.54) is 27.7 Å². The van der Waals surface area contributed by atoms with Crippen molar-refractivity contribution < 1.29 is 62.4 Å². The molecule has 284 valence electrons. The zero-order chi connectivity index (χ0) is 38.6. The lowest BCUT2D eigenvalue weighted by molar-refractivity contribution is -0.287. The Hall–Kier alpha value is -5.65. The minimum absolute atomic E-state index is 0. The van der Waals surface area contributed by atoms with Crippen LogP contribution < -0.4 is 24.7 Å². The highest BCUT2D eigenvalue weighted by Crippen LogP contribution is 2.45. The number of rotatable bonds is 5. The number of alkyl halides is 4. The van der Waals surface area contributed by atoms with E-state index in [1.807, 2.05) is 0 Å². The van der Waals surface area contributed by atoms with E-state index in [9.17, 15) is 39.7 Å². The Labute approximate surface area is 311 Å². The van der Waals surface area contributed by atoms with E-state index in [4.69, 9.17) is 27.0 Å². The number of thiocarbonyl (C=S) groups is 1. The van der Waals surface area contributed by atoms with Gasteiger partial charge in [0.25, 0.3) is 20.0 Å². The van der Waals surface area contributed by atoms with Crippen molar-refractivity contribution in [2.75, 3.05) is 0 Å². The van der Waals surface area contributed by atoms with Gasteiger partial charge in [0, 0.05) is 24.3 Å². The van der Waals surface area contributed by atoms with E-state index in [2.05, 4.69) is 39.2 Å². The fourth-order valence-corrected chi connectivity index (χ4v) is 9.25. The van der Waals surface area contributed by atoms with E-state index in [-0.39, 0.29) is 102 Å². The quantitative estimate of drug-likeness (QED) is 0.190. The SMILES string of the molecule is Cc1noc(C)c1S(=O)(=O)n1c(C#N)nc2cc3c(cc21)OC(F)(F)O3.Cc1noc(C)c1S(=O)(=O)n1c(C(N)=S)nc2cc3c(cc21)OC(F)(F)O3.S. The zero-order valence-electron chi connectivity index (χ0n) is 27.3. The Morgan fingerprint density at radius 3 is 1.52 bits per heavy atom. The van der Waals surface area contributed by atoms with Crippen LogP contribution in [0.3, 0.4) is 0 Å². The van der Waals surface area contributed by atoms with E-state index in [0.29, 0.717) is 3.97 Å². The number of halogens is 4. The number of fused-ring (bicyclic) bond motifs is 4. The summed E-state index contributed by atoms with van der Waals surface area (Å²) in [7, 11) is -8.65. The smallest absolute Gasteiger partial charge is 0.395 e. The van der Waals surface area contributed by atoms with Gasteiger partial charge in [0.05, 0.1) is 22.1 Å². The standard InChI is InChI=1S/C14H10F2N4O5S2.C14H8F2N4O5S.H2S/c1-5-11(6(2)25-19-5)27(21,22)20-8-4-10-9(23-14(15,16)24-10)3-7(8)18-13(20)12(17)26;1-6-13(7(2)25-19-6)26(21,22)20-9-4-11-10(23-14(15,16)24-11)3-8(9)18-12(20)5-17;/h3-4H,1-2H3,(H2,17,26);3-4H,1-2H3;1H2. The molecule has 2 N–H and O–H groups in total. The molecule has 0 unspecified atom stereocenters. The van der Waals surface area contributed by atoms with Crippen molar-refractivity contribution in [1.29, 1.82) is 5.26 Å². The van der Waals surface area contributed by atoms with Crippen molar-refractivity contribution in [3.05, 3.63) is 58.8 Å². The number of hydrogen-bond acceptors (Lipinski definition) is 16. The van der Waals surface area contributed by atoms with Crippen LogP contribution in [-0.4, -0.2) is 62.6 Å². The normalized spacial score (nSPS) is 15.1. The molecule has 6 aromatic rings. The molecule has 0 bridgehead atoms. The molecule has 2 aliphatic rings. The summed E-state index contributed by atoms with van der Waals surface area (Å²) in [6, 6.07) is 5.96. The molecule has 0 aliphatic carbocycles. The predicted octanol–water partition coefficient (Wildman–Crippen LogP) is 4.02. The number of ether oxygens (including phenoxy) is 4. The van der Waals surface area contributed by atoms with Crippen LogP contribution >= 0.6 is 25.7 Å². The molecule has 2 aromatic carbocycles. The minimum atomic E-state index is -4.34. The molecule has 54 heavy (non-hydrogen) atoms. The van der Waals surface area contributed by atoms with Gasteiger partial charge < -0.3 is 33.7 Å². The molecule has 2 aliphatic heterocycles. The summed E-state index contributed by atoms with van der Waals surface area (Å²) < 4.78 is 134. The van der Waals surface area contributed by atoms with Crippen molar-refractivity contribution in [1.82, 2.24) is 28.2 Å². The second-order valence-electron chi connectivity index (χ2n) is 11.1. The maximum Gasteiger partial charge on any atom is 0.586 e. The number of benzene rings is 2. The Kier molecular flexibility index (Phi) is 8.79. The van der Waals surface area contributed by atoms with Crippen molar-refractivity contribution >= 4 is 72.8 Å². The molecular formula is C28H20F4N8O10S4. The maximum atomic E-state index is 13.3. The Balaban J connectivity index is 0.000000181. The first-order chi connectivity index (χ1) is 24.6. The summed E-state index contributed by atoms with van der Waals surface area (Å²) in [5, 5.41) is 16.5. The van der Waals surface area contributed by atoms with Crippen LogP contribution in [0.1, 0.15) is 34.6 Å². The fraction of sp³-hybridized carbons (Fsp3) is 0.214. The molecule has 0 saturated carbocycles. The summed E-state index contributed by atoms with van der Waals surface area (Å²) in [5.74, 6) is -1.99. The second-order valence-corrected chi connectivity index (χ2v) is 15.0. The Bertz CT molecular complexity index is 2800. The molecule has 0 saturated heterocycles. The molecule has 18 nitrogen and oxygen atoms in total. The molecule has 0 radical (unpaired) electrons. The third-order valence-corrected chi connectivity index (χ3v) is 11.6. The number of imidazole rings is 2. The number of nitriles is 1. The number of aromatic nitrogens is 6. The average molecular weight is 833 g/mol. The lowest BCUT2D eigenvalue weighted by atomic mass is 10.3. The monoisotopic (exact) mass is 832 g/mol. The van der Waals surface area contributed by atoms with E-state index < -0.39 is 38.5 Å². The van der Waals surface area contributed by atoms with Gasteiger partial charge in [-0.3, -0.25) is 0 Å². The van der Waals surface area contributed by atoms with Crippen molar-refractivity contribution in [2.24, 2.45) is 5.73 Å². The zero-order valence-corrected chi connectivity index (χ0v) is 30.8. The molecule has 26 heteroatoms. The minimum Gasteiger partial charge on any atom is -0.395 e. The summed E-state index contributed by atoms with van der Waals surface area (Å²) >= 11 is 4.91. The van der Waals surface area contributed by atoms with Gasteiger partial charge in [-0.25, -0.2) is 34.7 Å². The van der Waals surface area contributed by atoms with Gasteiger partial charge >= 0.3 is 12.6 Å². The number of aryl methyl sites for hydroxylation is 4. The summed E-state index contributed by atoms with van der Waals surface area (Å²) in [5.41, 5.74) is 5.62. The van der Waals surface area contributed by atoms with Gasteiger partial charge in [0.1, 0.15) is 22.4 Å². The number of hydrogen-bond donors (Lipinski definition) is 1. The van der Waals surface area contributed by atoms with Crippen LogP contribution in [0.15, 0.2) is 43.1 Å². The van der Waals surface area contributed by atoms with Crippen molar-refractivity contribution in [2.45, 2.75) is 50.1 Å². The molecule has 8 rings (SSSR count). The molecule has 4 aromatic heterocycles. The van der Waals surface area contributed by atoms with Gasteiger partial charge in [0.2, 0.25) is 5.82 Å². The molecule has 0 spiro atoms. The van der Waals surface area contributed by atoms with Gasteiger partial charge in [0.15, 0.2) is 50.1 Å². The highest BCUT2D eigenvalue weighted by Gasteiger charge is 2.45. The molecule has 0 fully saturated rings. The third kappa shape index (κ3) is 5.97. The first kappa shape index (κ1) is 38.1. The van der Waals surface area contributed by atoms with Gasteiger partial charge in [-0.1, -0.05) is 22.5 Å². The largest absolute Gasteiger partial charge is 0.586 e. The van der Waals surface area contributed by atoms with Crippen LogP contribution in [0.2, 0.25) is 0 Å². The highest BCUT2D eigenvalue weighted by molar-refractivity contribution is 7.90. The topological polar surface area (TPSA) is 243 Å². The van der Waals surface area contributed by atoms with E-state index in [1.54, 1.807) is 6.07 Å². The van der Waals surface area contributed by atoms with E-state index >= 15 is 0 Å². The van der Waals surface area contributed by atoms with Gasteiger partial charge in [-0.15, -0.1) is 17.6 Å². The highest BCUT2D eigenvalue weighted by atomic mass is 32.2. The summed E-state index contributed by atoms with van der Waals surface area (Å²) in [6.07, 6.45) is -7.73. The fourth-order valence-electron chi connectivity index (χ4n) is 5.58. The molecule has 0 atom stereocenters. The van der Waals surface area contributed by atoms with Crippen molar-refractivity contribution in [3.8, 4) is 29.1 Å². The van der Waals surface area contributed by atoms with E-state index in [0.717, 1.165) is 28.2 Å². The van der Waals surface area contributed by atoms with Crippen LogP contribution in [0, 0.1) is 39.0 Å². The first-order valence-corrected chi connectivity index (χ1v) is 17.7. The first-order valence-electron chi connectivity index (χ1n) is 14.4. The lowest BCUT2D eigenvalue weighted by Gasteiger charge is -2.09. The summed E-state index contributed by atoms with van der Waals surface area (Å²) in [4.78, 5) is 7.19. The lowest BCUT2D eigenvalue weighted by Crippen LogP contribution is -2.26. The maximum absolute atomic E-state index is 13.3.